The summed E-state index contributed by atoms with van der Waals surface area (Å²) in [7, 11) is -0.229. The molecule has 0 aromatic heterocycles. The van der Waals surface area contributed by atoms with Crippen LogP contribution in [0.4, 0.5) is 18.0 Å². The SMILES string of the molecule is CN(C)C(=O)N1CC(c2ccccc2)CC(S(=O)(=O)c2cccc(CN)c2)C1.O=C(O)C(F)(F)F. The molecule has 3 rings (SSSR count). The van der Waals surface area contributed by atoms with Gasteiger partial charge in [0.2, 0.25) is 0 Å². The number of carboxylic acid groups (broad SMARTS) is 1. The molecule has 0 bridgehead atoms. The number of benzene rings is 2. The van der Waals surface area contributed by atoms with E-state index in [1.165, 1.54) is 4.90 Å². The Bertz CT molecular complexity index is 1120. The molecule has 3 N–H and O–H groups in total. The average Bonchev–Trinajstić information content (AvgIpc) is 2.83. The van der Waals surface area contributed by atoms with Crippen molar-refractivity contribution in [3.8, 4) is 0 Å². The lowest BCUT2D eigenvalue weighted by molar-refractivity contribution is -0.192. The summed E-state index contributed by atoms with van der Waals surface area (Å²) in [6, 6.07) is 16.4. The van der Waals surface area contributed by atoms with Crippen LogP contribution in [-0.2, 0) is 21.2 Å². The molecule has 0 radical (unpaired) electrons. The van der Waals surface area contributed by atoms with Crippen LogP contribution in [0.2, 0.25) is 0 Å². The third-order valence-corrected chi connectivity index (χ3v) is 7.61. The number of alkyl halides is 3. The first-order valence-electron chi connectivity index (χ1n) is 10.6. The molecule has 35 heavy (non-hydrogen) atoms. The molecule has 1 saturated heterocycles. The predicted octanol–water partition coefficient (Wildman–Crippen LogP) is 3.09. The minimum atomic E-state index is -5.08. The molecule has 12 heteroatoms. The number of sulfone groups is 1. The number of nitrogens with two attached hydrogens (primary N) is 1. The van der Waals surface area contributed by atoms with Gasteiger partial charge in [-0.15, -0.1) is 0 Å². The highest BCUT2D eigenvalue weighted by Crippen LogP contribution is 2.33. The normalized spacial score (nSPS) is 18.3. The number of amides is 2. The highest BCUT2D eigenvalue weighted by Gasteiger charge is 2.39. The molecule has 8 nitrogen and oxygen atoms in total. The van der Waals surface area contributed by atoms with Crippen LogP contribution in [0.3, 0.4) is 0 Å². The molecule has 1 aliphatic rings. The summed E-state index contributed by atoms with van der Waals surface area (Å²) < 4.78 is 58.5. The van der Waals surface area contributed by atoms with Crippen molar-refractivity contribution in [3.63, 3.8) is 0 Å². The van der Waals surface area contributed by atoms with Crippen LogP contribution in [0.15, 0.2) is 59.5 Å². The molecule has 0 spiro atoms. The Labute approximate surface area is 202 Å². The lowest BCUT2D eigenvalue weighted by Gasteiger charge is -2.38. The second-order valence-corrected chi connectivity index (χ2v) is 10.5. The van der Waals surface area contributed by atoms with Gasteiger partial charge in [-0.3, -0.25) is 0 Å². The van der Waals surface area contributed by atoms with Crippen LogP contribution in [0, 0.1) is 0 Å². The zero-order valence-electron chi connectivity index (χ0n) is 19.3. The average molecular weight is 516 g/mol. The topological polar surface area (TPSA) is 121 Å². The van der Waals surface area contributed by atoms with Gasteiger partial charge in [-0.25, -0.2) is 18.0 Å². The van der Waals surface area contributed by atoms with E-state index in [-0.39, 0.29) is 29.9 Å². The fraction of sp³-hybridized carbons (Fsp3) is 0.391. The van der Waals surface area contributed by atoms with E-state index in [4.69, 9.17) is 15.6 Å². The highest BCUT2D eigenvalue weighted by molar-refractivity contribution is 7.92. The van der Waals surface area contributed by atoms with Crippen LogP contribution in [0.5, 0.6) is 0 Å². The Balaban J connectivity index is 0.000000540. The van der Waals surface area contributed by atoms with Gasteiger partial charge in [-0.05, 0) is 29.7 Å². The molecule has 2 amide bonds. The molecular weight excluding hydrogens is 487 g/mol. The molecule has 2 unspecified atom stereocenters. The van der Waals surface area contributed by atoms with E-state index in [1.807, 2.05) is 36.4 Å². The number of nitrogens with zero attached hydrogens (tertiary/aromatic N) is 2. The minimum absolute atomic E-state index is 0.0312. The van der Waals surface area contributed by atoms with E-state index in [1.54, 1.807) is 37.2 Å². The standard InChI is InChI=1S/C21H27N3O3S.C2HF3O2/c1-23(2)21(25)24-14-18(17-8-4-3-5-9-17)12-20(15-24)28(26,27)19-10-6-7-16(11-19)13-22;3-2(4,5)1(6)7/h3-11,18,20H,12-15,22H2,1-2H3;(H,6,7). The number of halogens is 3. The monoisotopic (exact) mass is 515 g/mol. The number of rotatable bonds is 4. The summed E-state index contributed by atoms with van der Waals surface area (Å²) in [6.45, 7) is 0.983. The van der Waals surface area contributed by atoms with Crippen molar-refractivity contribution in [1.29, 1.82) is 0 Å². The molecule has 192 valence electrons. The van der Waals surface area contributed by atoms with Crippen molar-refractivity contribution < 1.29 is 36.3 Å². The number of likely N-dealkylation sites (tertiary alicyclic amines) is 1. The Hall–Kier alpha value is -3.12. The van der Waals surface area contributed by atoms with Gasteiger partial charge in [0.25, 0.3) is 0 Å². The molecule has 2 aromatic rings. The number of piperidine rings is 1. The number of urea groups is 1. The lowest BCUT2D eigenvalue weighted by Crippen LogP contribution is -2.51. The Kier molecular flexibility index (Phi) is 9.27. The van der Waals surface area contributed by atoms with E-state index < -0.39 is 27.2 Å². The minimum Gasteiger partial charge on any atom is -0.475 e. The number of hydrogen-bond donors (Lipinski definition) is 2. The smallest absolute Gasteiger partial charge is 0.475 e. The molecule has 2 aromatic carbocycles. The third-order valence-electron chi connectivity index (χ3n) is 5.48. The van der Waals surface area contributed by atoms with Crippen molar-refractivity contribution in [2.75, 3.05) is 27.2 Å². The summed E-state index contributed by atoms with van der Waals surface area (Å²) in [6.07, 6.45) is -4.60. The van der Waals surface area contributed by atoms with E-state index in [0.717, 1.165) is 11.1 Å². The molecule has 1 heterocycles. The first-order chi connectivity index (χ1) is 16.3. The second kappa shape index (κ2) is 11.5. The summed E-state index contributed by atoms with van der Waals surface area (Å²) in [5.74, 6) is -2.79. The largest absolute Gasteiger partial charge is 0.490 e. The summed E-state index contributed by atoms with van der Waals surface area (Å²) in [5, 5.41) is 6.46. The third kappa shape index (κ3) is 7.43. The number of hydrogen-bond acceptors (Lipinski definition) is 5. The molecule has 1 aliphatic heterocycles. The predicted molar refractivity (Wildman–Crippen MR) is 123 cm³/mol. The van der Waals surface area contributed by atoms with Crippen LogP contribution in [0.1, 0.15) is 23.5 Å². The van der Waals surface area contributed by atoms with Gasteiger partial charge in [0, 0.05) is 39.6 Å². The first kappa shape index (κ1) is 28.1. The quantitative estimate of drug-likeness (QED) is 0.646. The lowest BCUT2D eigenvalue weighted by atomic mass is 9.90. The molecule has 0 aliphatic carbocycles. The molecule has 2 atom stereocenters. The van der Waals surface area contributed by atoms with Crippen LogP contribution in [0.25, 0.3) is 0 Å². The first-order valence-corrected chi connectivity index (χ1v) is 12.2. The summed E-state index contributed by atoms with van der Waals surface area (Å²) in [4.78, 5) is 24.9. The van der Waals surface area contributed by atoms with E-state index >= 15 is 0 Å². The van der Waals surface area contributed by atoms with Gasteiger partial charge < -0.3 is 20.6 Å². The molecule has 1 fully saturated rings. The van der Waals surface area contributed by atoms with Gasteiger partial charge >= 0.3 is 18.2 Å². The van der Waals surface area contributed by atoms with E-state index in [0.29, 0.717) is 13.0 Å². The fourth-order valence-electron chi connectivity index (χ4n) is 3.73. The second-order valence-electron chi connectivity index (χ2n) is 8.25. The summed E-state index contributed by atoms with van der Waals surface area (Å²) in [5.41, 5.74) is 7.51. The van der Waals surface area contributed by atoms with Crippen LogP contribution < -0.4 is 5.73 Å². The molecule has 0 saturated carbocycles. The van der Waals surface area contributed by atoms with Crippen molar-refractivity contribution in [1.82, 2.24) is 9.80 Å². The molecular formula is C23H28F3N3O5S. The Morgan fingerprint density at radius 3 is 2.20 bits per heavy atom. The van der Waals surface area contributed by atoms with Gasteiger partial charge in [-0.2, -0.15) is 13.2 Å². The number of carbonyl (C=O) groups is 2. The van der Waals surface area contributed by atoms with Crippen LogP contribution >= 0.6 is 0 Å². The van der Waals surface area contributed by atoms with E-state index in [2.05, 4.69) is 0 Å². The van der Waals surface area contributed by atoms with Gasteiger partial charge in [0.15, 0.2) is 9.84 Å². The van der Waals surface area contributed by atoms with E-state index in [9.17, 15) is 26.4 Å². The zero-order chi connectivity index (χ0) is 26.4. The maximum atomic E-state index is 13.4. The number of aliphatic carboxylic acids is 1. The fourth-order valence-corrected chi connectivity index (χ4v) is 5.56. The van der Waals surface area contributed by atoms with Crippen molar-refractivity contribution in [2.45, 2.75) is 35.2 Å². The maximum Gasteiger partial charge on any atom is 0.490 e. The Morgan fingerprint density at radius 1 is 1.09 bits per heavy atom. The zero-order valence-corrected chi connectivity index (χ0v) is 20.1. The van der Waals surface area contributed by atoms with Crippen LogP contribution in [-0.4, -0.2) is 73.9 Å². The van der Waals surface area contributed by atoms with Crippen molar-refractivity contribution in [3.05, 3.63) is 65.7 Å². The van der Waals surface area contributed by atoms with Gasteiger partial charge in [-0.1, -0.05) is 42.5 Å². The Morgan fingerprint density at radius 2 is 1.69 bits per heavy atom. The van der Waals surface area contributed by atoms with Gasteiger partial charge in [0.05, 0.1) is 10.1 Å². The maximum absolute atomic E-state index is 13.4. The highest BCUT2D eigenvalue weighted by atomic mass is 32.2. The summed E-state index contributed by atoms with van der Waals surface area (Å²) >= 11 is 0. The van der Waals surface area contributed by atoms with Crippen molar-refractivity contribution in [2.24, 2.45) is 5.73 Å². The number of carboxylic acids is 1. The van der Waals surface area contributed by atoms with Gasteiger partial charge in [0.1, 0.15) is 0 Å². The van der Waals surface area contributed by atoms with Crippen molar-refractivity contribution >= 4 is 21.8 Å². The number of carbonyl (C=O) groups excluding carboxylic acids is 1.